The monoisotopic (exact) mass is 796 g/mol. The standard InChI is InChI=1S/C60H48N2/c1-59(2)52-26-11-6-23-50(52)58-49(24-16-27-53(58)59)48-22-9-12-28-55(48)61(41-32-34-42(35-33-41)62-56-29-13-7-20-46(56)47-21-8-14-30-57(47)62)43-18-15-17-39(37-43)40-31-36-45-44-19-5-10-25-51(44)60(3,4)54(45)38-40/h5-7,9-20,22-38H,8,21H2,1-4H3. The van der Waals surface area contributed by atoms with E-state index < -0.39 is 0 Å². The predicted octanol–water partition coefficient (Wildman–Crippen LogP) is 16.0. The summed E-state index contributed by atoms with van der Waals surface area (Å²) >= 11 is 0. The van der Waals surface area contributed by atoms with Crippen LogP contribution in [0.15, 0.2) is 188 Å². The van der Waals surface area contributed by atoms with Crippen LogP contribution in [0.5, 0.6) is 0 Å². The third kappa shape index (κ3) is 5.36. The van der Waals surface area contributed by atoms with Crippen molar-refractivity contribution in [3.8, 4) is 50.2 Å². The van der Waals surface area contributed by atoms with E-state index in [1.54, 1.807) is 0 Å². The third-order valence-corrected chi connectivity index (χ3v) is 14.3. The Balaban J connectivity index is 1.04. The minimum atomic E-state index is -0.0937. The van der Waals surface area contributed by atoms with Gasteiger partial charge in [0.25, 0.3) is 0 Å². The molecule has 0 fully saturated rings. The number of aryl methyl sites for hydroxylation is 1. The molecule has 0 saturated carbocycles. The lowest BCUT2D eigenvalue weighted by molar-refractivity contribution is 0.660. The lowest BCUT2D eigenvalue weighted by Crippen LogP contribution is -2.15. The van der Waals surface area contributed by atoms with E-state index in [2.05, 4.69) is 231 Å². The highest BCUT2D eigenvalue weighted by atomic mass is 15.1. The first-order valence-corrected chi connectivity index (χ1v) is 22.2. The van der Waals surface area contributed by atoms with E-state index in [0.29, 0.717) is 0 Å². The molecule has 0 saturated heterocycles. The van der Waals surface area contributed by atoms with Crippen LogP contribution < -0.4 is 4.90 Å². The topological polar surface area (TPSA) is 8.17 Å². The van der Waals surface area contributed by atoms with E-state index in [1.165, 1.54) is 94.6 Å². The molecule has 1 heterocycles. The SMILES string of the molecule is CC1(C)c2ccccc2-c2ccc(-c3cccc(N(c4ccc(-n5c6c(c7ccccc75)CCC=C6)cc4)c4ccccc4-c4cccc5c4-c4ccccc4C5(C)C)c3)cc21. The zero-order valence-corrected chi connectivity index (χ0v) is 35.8. The summed E-state index contributed by atoms with van der Waals surface area (Å²) in [4.78, 5) is 2.48. The summed E-state index contributed by atoms with van der Waals surface area (Å²) in [5, 5.41) is 1.35. The van der Waals surface area contributed by atoms with Crippen LogP contribution in [0.3, 0.4) is 0 Å². The molecule has 0 atom stereocenters. The molecule has 3 aliphatic rings. The van der Waals surface area contributed by atoms with Crippen LogP contribution in [0.2, 0.25) is 0 Å². The Labute approximate surface area is 365 Å². The zero-order valence-electron chi connectivity index (χ0n) is 35.8. The van der Waals surface area contributed by atoms with Gasteiger partial charge >= 0.3 is 0 Å². The van der Waals surface area contributed by atoms with Crippen LogP contribution in [-0.2, 0) is 17.3 Å². The largest absolute Gasteiger partial charge is 0.310 e. The van der Waals surface area contributed by atoms with Gasteiger partial charge in [0.15, 0.2) is 0 Å². The summed E-state index contributed by atoms with van der Waals surface area (Å²) < 4.78 is 2.45. The Morgan fingerprint density at radius 2 is 1.10 bits per heavy atom. The van der Waals surface area contributed by atoms with Crippen molar-refractivity contribution in [2.45, 2.75) is 51.4 Å². The normalized spacial score (nSPS) is 14.8. The van der Waals surface area contributed by atoms with Gasteiger partial charge < -0.3 is 9.47 Å². The molecular weight excluding hydrogens is 749 g/mol. The number of hydrogen-bond donors (Lipinski definition) is 0. The summed E-state index contributed by atoms with van der Waals surface area (Å²) in [7, 11) is 0. The van der Waals surface area contributed by atoms with E-state index in [-0.39, 0.29) is 10.8 Å². The number of aromatic nitrogens is 1. The van der Waals surface area contributed by atoms with E-state index in [1.807, 2.05) is 0 Å². The highest BCUT2D eigenvalue weighted by Crippen LogP contribution is 2.54. The van der Waals surface area contributed by atoms with Gasteiger partial charge in [-0.15, -0.1) is 0 Å². The zero-order chi connectivity index (χ0) is 41.7. The maximum atomic E-state index is 2.48. The second-order valence-corrected chi connectivity index (χ2v) is 18.4. The molecule has 0 bridgehead atoms. The van der Waals surface area contributed by atoms with Crippen LogP contribution in [-0.4, -0.2) is 4.57 Å². The number of anilines is 3. The van der Waals surface area contributed by atoms with Crippen molar-refractivity contribution < 1.29 is 0 Å². The van der Waals surface area contributed by atoms with Gasteiger partial charge in [-0.2, -0.15) is 0 Å². The van der Waals surface area contributed by atoms with Crippen molar-refractivity contribution in [2.24, 2.45) is 0 Å². The third-order valence-electron chi connectivity index (χ3n) is 14.3. The molecule has 1 aromatic heterocycles. The molecule has 8 aromatic carbocycles. The van der Waals surface area contributed by atoms with Crippen molar-refractivity contribution in [2.75, 3.05) is 4.90 Å². The van der Waals surface area contributed by atoms with Gasteiger partial charge in [0.05, 0.1) is 11.2 Å². The van der Waals surface area contributed by atoms with E-state index >= 15 is 0 Å². The molecule has 2 heteroatoms. The van der Waals surface area contributed by atoms with Gasteiger partial charge in [-0.25, -0.2) is 0 Å². The Kier molecular flexibility index (Phi) is 8.09. The van der Waals surface area contributed by atoms with Crippen molar-refractivity contribution in [1.82, 2.24) is 4.57 Å². The quantitative estimate of drug-likeness (QED) is 0.163. The number of allylic oxidation sites excluding steroid dienone is 1. The molecule has 2 nitrogen and oxygen atoms in total. The first kappa shape index (κ1) is 36.7. The molecule has 9 aromatic rings. The average molecular weight is 797 g/mol. The average Bonchev–Trinajstić information content (AvgIpc) is 3.87. The lowest BCUT2D eigenvalue weighted by Gasteiger charge is -2.29. The van der Waals surface area contributed by atoms with Gasteiger partial charge in [-0.05, 0) is 140 Å². The number of benzene rings is 8. The Hall–Kier alpha value is -7.16. The van der Waals surface area contributed by atoms with Gasteiger partial charge in [0, 0.05) is 44.5 Å². The highest BCUT2D eigenvalue weighted by molar-refractivity contribution is 5.99. The van der Waals surface area contributed by atoms with Crippen LogP contribution in [0.1, 0.15) is 67.6 Å². The lowest BCUT2D eigenvalue weighted by atomic mass is 9.81. The van der Waals surface area contributed by atoms with E-state index in [4.69, 9.17) is 0 Å². The van der Waals surface area contributed by atoms with E-state index in [0.717, 1.165) is 29.9 Å². The molecule has 3 aliphatic carbocycles. The molecule has 0 spiro atoms. The predicted molar refractivity (Wildman–Crippen MR) is 261 cm³/mol. The Morgan fingerprint density at radius 3 is 1.94 bits per heavy atom. The maximum Gasteiger partial charge on any atom is 0.0540 e. The first-order chi connectivity index (χ1) is 30.3. The molecule has 0 unspecified atom stereocenters. The van der Waals surface area contributed by atoms with Gasteiger partial charge in [-0.1, -0.05) is 161 Å². The summed E-state index contributed by atoms with van der Waals surface area (Å²) in [6.45, 7) is 9.46. The Morgan fingerprint density at radius 1 is 0.468 bits per heavy atom. The van der Waals surface area contributed by atoms with Crippen molar-refractivity contribution in [3.05, 3.63) is 222 Å². The van der Waals surface area contributed by atoms with Crippen molar-refractivity contribution in [3.63, 3.8) is 0 Å². The van der Waals surface area contributed by atoms with Gasteiger partial charge in [0.2, 0.25) is 0 Å². The van der Waals surface area contributed by atoms with Crippen LogP contribution in [0.4, 0.5) is 17.1 Å². The first-order valence-electron chi connectivity index (χ1n) is 22.2. The fraction of sp³-hybridized carbons (Fsp3) is 0.133. The molecule has 0 radical (unpaired) electrons. The summed E-state index contributed by atoms with van der Waals surface area (Å²) in [6.07, 6.45) is 6.78. The number of fused-ring (bicyclic) bond motifs is 9. The second kappa shape index (κ2) is 13.7. The molecular formula is C60H48N2. The van der Waals surface area contributed by atoms with Crippen molar-refractivity contribution >= 4 is 34.0 Å². The summed E-state index contributed by atoms with van der Waals surface area (Å²) in [5.41, 5.74) is 24.2. The maximum absolute atomic E-state index is 2.48. The van der Waals surface area contributed by atoms with Crippen molar-refractivity contribution in [1.29, 1.82) is 0 Å². The second-order valence-electron chi connectivity index (χ2n) is 18.4. The fourth-order valence-corrected chi connectivity index (χ4v) is 11.2. The minimum Gasteiger partial charge on any atom is -0.310 e. The minimum absolute atomic E-state index is 0.0739. The summed E-state index contributed by atoms with van der Waals surface area (Å²) in [5.74, 6) is 0. The molecule has 298 valence electrons. The van der Waals surface area contributed by atoms with Crippen LogP contribution in [0, 0.1) is 0 Å². The number of rotatable bonds is 6. The van der Waals surface area contributed by atoms with Crippen LogP contribution in [0.25, 0.3) is 67.2 Å². The molecule has 0 amide bonds. The van der Waals surface area contributed by atoms with E-state index in [9.17, 15) is 0 Å². The molecule has 0 N–H and O–H groups in total. The molecule has 12 rings (SSSR count). The Bertz CT molecular complexity index is 3300. The fourth-order valence-electron chi connectivity index (χ4n) is 11.2. The van der Waals surface area contributed by atoms with Gasteiger partial charge in [0.1, 0.15) is 0 Å². The number of para-hydroxylation sites is 2. The molecule has 0 aliphatic heterocycles. The summed E-state index contributed by atoms with van der Waals surface area (Å²) in [6, 6.07) is 68.2. The smallest absolute Gasteiger partial charge is 0.0540 e. The van der Waals surface area contributed by atoms with Gasteiger partial charge in [-0.3, -0.25) is 0 Å². The van der Waals surface area contributed by atoms with Crippen LogP contribution >= 0.6 is 0 Å². The number of hydrogen-bond acceptors (Lipinski definition) is 1. The number of nitrogens with zero attached hydrogens (tertiary/aromatic N) is 2. The highest BCUT2D eigenvalue weighted by Gasteiger charge is 2.38. The molecule has 62 heavy (non-hydrogen) atoms.